The van der Waals surface area contributed by atoms with Crippen LogP contribution in [0.1, 0.15) is 27.2 Å². The number of carbonyl (C=O) groups is 1. The van der Waals surface area contributed by atoms with E-state index in [0.717, 1.165) is 24.7 Å². The molecule has 2 heterocycles. The highest BCUT2D eigenvalue weighted by Gasteiger charge is 2.41. The lowest BCUT2D eigenvalue weighted by Crippen LogP contribution is -2.44. The molecule has 0 spiro atoms. The maximum atomic E-state index is 11.9. The summed E-state index contributed by atoms with van der Waals surface area (Å²) < 4.78 is 0. The van der Waals surface area contributed by atoms with Crippen LogP contribution in [-0.4, -0.2) is 34.3 Å². The highest BCUT2D eigenvalue weighted by Crippen LogP contribution is 2.35. The molecule has 1 amide bonds. The highest BCUT2D eigenvalue weighted by molar-refractivity contribution is 8.93. The van der Waals surface area contributed by atoms with Crippen molar-refractivity contribution in [1.82, 2.24) is 4.90 Å². The zero-order valence-electron chi connectivity index (χ0n) is 9.32. The fourth-order valence-electron chi connectivity index (χ4n) is 1.80. The molecule has 0 saturated carbocycles. The second kappa shape index (κ2) is 4.45. The van der Waals surface area contributed by atoms with E-state index in [2.05, 4.69) is 25.8 Å². The summed E-state index contributed by atoms with van der Waals surface area (Å²) in [5, 5.41) is 1.06. The third kappa shape index (κ3) is 2.38. The molecule has 0 aliphatic carbocycles. The number of halogens is 1. The number of nitrogens with zero attached hydrogens (tertiary/aromatic N) is 2. The molecule has 15 heavy (non-hydrogen) atoms. The molecule has 86 valence electrons. The van der Waals surface area contributed by atoms with E-state index >= 15 is 0 Å². The van der Waals surface area contributed by atoms with Crippen LogP contribution in [0.15, 0.2) is 4.99 Å². The first-order valence-electron chi connectivity index (χ1n) is 5.06. The van der Waals surface area contributed by atoms with E-state index in [1.54, 1.807) is 11.8 Å². The molecular formula is C10H17BrN2OS. The van der Waals surface area contributed by atoms with Gasteiger partial charge < -0.3 is 0 Å². The van der Waals surface area contributed by atoms with Gasteiger partial charge in [0, 0.05) is 18.5 Å². The predicted octanol–water partition coefficient (Wildman–Crippen LogP) is 2.31. The molecule has 5 heteroatoms. The maximum absolute atomic E-state index is 11.9. The lowest BCUT2D eigenvalue weighted by Gasteiger charge is -2.32. The molecule has 0 aromatic rings. The number of aliphatic imine (C=N–C) groups is 1. The molecule has 0 aromatic heterocycles. The summed E-state index contributed by atoms with van der Waals surface area (Å²) >= 11 is 1.63. The van der Waals surface area contributed by atoms with Crippen LogP contribution in [0.3, 0.4) is 0 Å². The summed E-state index contributed by atoms with van der Waals surface area (Å²) in [6, 6.07) is 0. The van der Waals surface area contributed by atoms with E-state index in [0.29, 0.717) is 0 Å². The SMILES string of the molecule is Br.CCC1SC2=NCC(C)(C)CN2C1=O. The molecule has 2 rings (SSSR count). The van der Waals surface area contributed by atoms with Gasteiger partial charge in [0.2, 0.25) is 5.91 Å². The minimum Gasteiger partial charge on any atom is -0.290 e. The molecular weight excluding hydrogens is 276 g/mol. The van der Waals surface area contributed by atoms with Gasteiger partial charge in [-0.1, -0.05) is 32.5 Å². The standard InChI is InChI=1S/C10H16N2OS.BrH/c1-4-7-8(13)12-6-10(2,3)5-11-9(12)14-7;/h7H,4-6H2,1-3H3;1H. The monoisotopic (exact) mass is 292 g/mol. The van der Waals surface area contributed by atoms with Crippen molar-refractivity contribution in [3.05, 3.63) is 0 Å². The fourth-order valence-corrected chi connectivity index (χ4v) is 2.87. The van der Waals surface area contributed by atoms with Crippen LogP contribution >= 0.6 is 28.7 Å². The Labute approximate surface area is 105 Å². The third-order valence-electron chi connectivity index (χ3n) is 2.62. The van der Waals surface area contributed by atoms with Crippen molar-refractivity contribution in [2.24, 2.45) is 10.4 Å². The first-order chi connectivity index (χ1) is 6.53. The molecule has 0 bridgehead atoms. The topological polar surface area (TPSA) is 32.7 Å². The smallest absolute Gasteiger partial charge is 0.242 e. The number of carbonyl (C=O) groups excluding carboxylic acids is 1. The summed E-state index contributed by atoms with van der Waals surface area (Å²) in [6.45, 7) is 8.04. The Morgan fingerprint density at radius 3 is 2.87 bits per heavy atom. The zero-order valence-corrected chi connectivity index (χ0v) is 11.8. The number of amides is 1. The molecule has 1 fully saturated rings. The Kier molecular flexibility index (Phi) is 3.87. The average molecular weight is 293 g/mol. The largest absolute Gasteiger partial charge is 0.290 e. The Hall–Kier alpha value is -0.0300. The van der Waals surface area contributed by atoms with E-state index in [1.807, 2.05) is 4.90 Å². The number of rotatable bonds is 1. The average Bonchev–Trinajstić information content (AvgIpc) is 2.42. The molecule has 1 atom stereocenters. The van der Waals surface area contributed by atoms with Crippen LogP contribution in [0.4, 0.5) is 0 Å². The van der Waals surface area contributed by atoms with E-state index < -0.39 is 0 Å². The van der Waals surface area contributed by atoms with Crippen molar-refractivity contribution in [2.75, 3.05) is 13.1 Å². The molecule has 1 saturated heterocycles. The molecule has 2 aliphatic rings. The highest BCUT2D eigenvalue weighted by atomic mass is 79.9. The minimum atomic E-state index is 0. The Bertz CT molecular complexity index is 304. The summed E-state index contributed by atoms with van der Waals surface area (Å²) in [6.07, 6.45) is 0.902. The van der Waals surface area contributed by atoms with E-state index in [4.69, 9.17) is 0 Å². The Morgan fingerprint density at radius 2 is 2.27 bits per heavy atom. The molecule has 0 radical (unpaired) electrons. The van der Waals surface area contributed by atoms with Crippen LogP contribution in [0, 0.1) is 5.41 Å². The minimum absolute atomic E-state index is 0. The van der Waals surface area contributed by atoms with Gasteiger partial charge in [0.15, 0.2) is 5.17 Å². The van der Waals surface area contributed by atoms with Crippen molar-refractivity contribution in [3.63, 3.8) is 0 Å². The predicted molar refractivity (Wildman–Crippen MR) is 69.8 cm³/mol. The summed E-state index contributed by atoms with van der Waals surface area (Å²) in [7, 11) is 0. The van der Waals surface area contributed by atoms with Gasteiger partial charge in [-0.2, -0.15) is 0 Å². The summed E-state index contributed by atoms with van der Waals surface area (Å²) in [5.41, 5.74) is 0.141. The number of amidine groups is 1. The maximum Gasteiger partial charge on any atom is 0.242 e. The van der Waals surface area contributed by atoms with E-state index in [9.17, 15) is 4.79 Å². The van der Waals surface area contributed by atoms with Gasteiger partial charge in [-0.3, -0.25) is 14.7 Å². The van der Waals surface area contributed by atoms with Gasteiger partial charge in [0.05, 0.1) is 5.25 Å². The van der Waals surface area contributed by atoms with Crippen LogP contribution in [0.25, 0.3) is 0 Å². The van der Waals surface area contributed by atoms with Crippen LogP contribution in [-0.2, 0) is 4.79 Å². The van der Waals surface area contributed by atoms with E-state index in [-0.39, 0.29) is 33.6 Å². The van der Waals surface area contributed by atoms with Gasteiger partial charge in [0.25, 0.3) is 0 Å². The van der Waals surface area contributed by atoms with Crippen molar-refractivity contribution in [2.45, 2.75) is 32.4 Å². The lowest BCUT2D eigenvalue weighted by atomic mass is 9.92. The van der Waals surface area contributed by atoms with E-state index in [1.165, 1.54) is 0 Å². The first-order valence-corrected chi connectivity index (χ1v) is 5.94. The van der Waals surface area contributed by atoms with Gasteiger partial charge >= 0.3 is 0 Å². The third-order valence-corrected chi connectivity index (χ3v) is 4.00. The number of hydrogen-bond acceptors (Lipinski definition) is 3. The van der Waals surface area contributed by atoms with Gasteiger partial charge in [-0.25, -0.2) is 0 Å². The number of hydrogen-bond donors (Lipinski definition) is 0. The first kappa shape index (κ1) is 13.0. The molecule has 1 unspecified atom stereocenters. The van der Waals surface area contributed by atoms with Crippen molar-refractivity contribution < 1.29 is 4.79 Å². The van der Waals surface area contributed by atoms with Crippen molar-refractivity contribution >= 4 is 39.8 Å². The lowest BCUT2D eigenvalue weighted by molar-refractivity contribution is -0.127. The van der Waals surface area contributed by atoms with Crippen molar-refractivity contribution in [1.29, 1.82) is 0 Å². The number of thioether (sulfide) groups is 1. The normalized spacial score (nSPS) is 28.2. The Morgan fingerprint density at radius 1 is 1.60 bits per heavy atom. The Balaban J connectivity index is 0.00000112. The molecule has 0 N–H and O–H groups in total. The zero-order chi connectivity index (χ0) is 10.3. The molecule has 3 nitrogen and oxygen atoms in total. The number of fused-ring (bicyclic) bond motifs is 1. The second-order valence-corrected chi connectivity index (χ2v) is 5.87. The quantitative estimate of drug-likeness (QED) is 0.743. The van der Waals surface area contributed by atoms with Crippen LogP contribution in [0.2, 0.25) is 0 Å². The molecule has 0 aromatic carbocycles. The second-order valence-electron chi connectivity index (χ2n) is 4.70. The molecule has 2 aliphatic heterocycles. The summed E-state index contributed by atoms with van der Waals surface area (Å²) in [5.74, 6) is 0.254. The van der Waals surface area contributed by atoms with Crippen LogP contribution < -0.4 is 0 Å². The van der Waals surface area contributed by atoms with Gasteiger partial charge in [-0.05, 0) is 6.42 Å². The van der Waals surface area contributed by atoms with Gasteiger partial charge in [0.1, 0.15) is 0 Å². The summed E-state index contributed by atoms with van der Waals surface area (Å²) in [4.78, 5) is 18.2. The fraction of sp³-hybridized carbons (Fsp3) is 0.800. The van der Waals surface area contributed by atoms with Gasteiger partial charge in [-0.15, -0.1) is 17.0 Å². The van der Waals surface area contributed by atoms with Crippen molar-refractivity contribution in [3.8, 4) is 0 Å². The van der Waals surface area contributed by atoms with Crippen LogP contribution in [0.5, 0.6) is 0 Å².